The lowest BCUT2D eigenvalue weighted by Crippen LogP contribution is -2.23. The van der Waals surface area contributed by atoms with E-state index in [0.29, 0.717) is 11.0 Å². The Morgan fingerprint density at radius 2 is 2.12 bits per heavy atom. The van der Waals surface area contributed by atoms with Gasteiger partial charge in [0.05, 0.1) is 18.9 Å². The molecule has 0 aliphatic carbocycles. The van der Waals surface area contributed by atoms with E-state index in [-0.39, 0.29) is 31.7 Å². The lowest BCUT2D eigenvalue weighted by molar-refractivity contribution is -0.144. The molecular weight excluding hydrogens is 336 g/mol. The maximum Gasteiger partial charge on any atom is 0.307 e. The van der Waals surface area contributed by atoms with Crippen molar-refractivity contribution >= 4 is 17.0 Å². The molecule has 3 rings (SSSR count). The second-order valence-electron chi connectivity index (χ2n) is 5.88. The first kappa shape index (κ1) is 17.7. The second kappa shape index (κ2) is 7.81. The van der Waals surface area contributed by atoms with Crippen LogP contribution < -0.4 is 10.3 Å². The Bertz CT molecular complexity index is 977. The minimum atomic E-state index is -0.393. The van der Waals surface area contributed by atoms with Crippen LogP contribution in [0.25, 0.3) is 11.0 Å². The highest BCUT2D eigenvalue weighted by atomic mass is 16.6. The molecule has 0 aliphatic heterocycles. The molecule has 0 bridgehead atoms. The number of fused-ring (bicyclic) bond motifs is 1. The molecule has 0 N–H and O–H groups in total. The number of hydrogen-bond donors (Lipinski definition) is 0. The van der Waals surface area contributed by atoms with E-state index in [4.69, 9.17) is 9.47 Å². The van der Waals surface area contributed by atoms with E-state index in [1.807, 2.05) is 31.2 Å². The van der Waals surface area contributed by atoms with Gasteiger partial charge in [-0.1, -0.05) is 12.1 Å². The van der Waals surface area contributed by atoms with Gasteiger partial charge in [-0.15, -0.1) is 0 Å². The first-order chi connectivity index (χ1) is 12.5. The van der Waals surface area contributed by atoms with Gasteiger partial charge in [-0.25, -0.2) is 4.98 Å². The zero-order chi connectivity index (χ0) is 18.5. The van der Waals surface area contributed by atoms with Crippen LogP contribution in [0.3, 0.4) is 0 Å². The average molecular weight is 356 g/mol. The minimum Gasteiger partial charge on any atom is -0.490 e. The fourth-order valence-corrected chi connectivity index (χ4v) is 2.53. The van der Waals surface area contributed by atoms with Crippen LogP contribution in [0.15, 0.2) is 41.6 Å². The van der Waals surface area contributed by atoms with Crippen LogP contribution in [0.5, 0.6) is 5.75 Å². The Morgan fingerprint density at radius 1 is 1.27 bits per heavy atom. The van der Waals surface area contributed by atoms with Crippen LogP contribution in [0.2, 0.25) is 0 Å². The summed E-state index contributed by atoms with van der Waals surface area (Å²) in [5, 5.41) is 4.43. The van der Waals surface area contributed by atoms with Crippen LogP contribution in [0, 0.1) is 6.92 Å². The number of benzene rings is 1. The number of carbonyl (C=O) groups excluding carboxylic acids is 1. The maximum absolute atomic E-state index is 12.3. The zero-order valence-electron chi connectivity index (χ0n) is 14.7. The third-order valence-electron chi connectivity index (χ3n) is 3.88. The third-order valence-corrected chi connectivity index (χ3v) is 3.88. The minimum absolute atomic E-state index is 0.0812. The van der Waals surface area contributed by atoms with Crippen molar-refractivity contribution in [1.29, 1.82) is 0 Å². The molecule has 1 aromatic carbocycles. The van der Waals surface area contributed by atoms with Crippen LogP contribution in [0.1, 0.15) is 12.0 Å². The van der Waals surface area contributed by atoms with E-state index in [2.05, 4.69) is 10.1 Å². The summed E-state index contributed by atoms with van der Waals surface area (Å²) in [6.07, 6.45) is 2.97. The zero-order valence-corrected chi connectivity index (χ0v) is 14.7. The molecule has 0 radical (unpaired) electrons. The van der Waals surface area contributed by atoms with Crippen molar-refractivity contribution in [3.05, 3.63) is 52.7 Å². The van der Waals surface area contributed by atoms with E-state index in [1.54, 1.807) is 7.05 Å². The number of nitrogens with zero attached hydrogens (tertiary/aromatic N) is 4. The smallest absolute Gasteiger partial charge is 0.307 e. The van der Waals surface area contributed by atoms with Gasteiger partial charge in [-0.05, 0) is 24.6 Å². The number of esters is 1. The van der Waals surface area contributed by atoms with Gasteiger partial charge in [0, 0.05) is 13.6 Å². The predicted molar refractivity (Wildman–Crippen MR) is 95.0 cm³/mol. The number of ether oxygens (including phenoxy) is 2. The first-order valence-corrected chi connectivity index (χ1v) is 8.27. The first-order valence-electron chi connectivity index (χ1n) is 8.27. The molecule has 2 aromatic heterocycles. The van der Waals surface area contributed by atoms with Crippen LogP contribution in [0.4, 0.5) is 0 Å². The molecule has 8 nitrogen and oxygen atoms in total. The Morgan fingerprint density at radius 3 is 2.92 bits per heavy atom. The summed E-state index contributed by atoms with van der Waals surface area (Å²) in [7, 11) is 1.72. The standard InChI is InChI=1S/C18H20N4O4/c1-13-4-3-5-14(10-13)25-8-9-26-16(23)6-7-22-12-19-17-15(18(22)24)11-20-21(17)2/h3-5,10-12H,6-9H2,1-2H3. The van der Waals surface area contributed by atoms with Gasteiger partial charge in [0.15, 0.2) is 5.65 Å². The van der Waals surface area contributed by atoms with Gasteiger partial charge < -0.3 is 9.47 Å². The fourth-order valence-electron chi connectivity index (χ4n) is 2.53. The molecule has 0 saturated carbocycles. The lowest BCUT2D eigenvalue weighted by atomic mass is 10.2. The molecular formula is C18H20N4O4. The van der Waals surface area contributed by atoms with Gasteiger partial charge in [0.2, 0.25) is 0 Å². The largest absolute Gasteiger partial charge is 0.490 e. The van der Waals surface area contributed by atoms with Crippen molar-refractivity contribution in [3.8, 4) is 5.75 Å². The quantitative estimate of drug-likeness (QED) is 0.470. The molecule has 8 heteroatoms. The molecule has 2 heterocycles. The Labute approximate surface area is 150 Å². The molecule has 0 saturated heterocycles. The molecule has 0 aliphatic rings. The van der Waals surface area contributed by atoms with E-state index in [9.17, 15) is 9.59 Å². The van der Waals surface area contributed by atoms with E-state index in [1.165, 1.54) is 21.8 Å². The summed E-state index contributed by atoms with van der Waals surface area (Å²) in [4.78, 5) is 28.3. The maximum atomic E-state index is 12.3. The topological polar surface area (TPSA) is 88.2 Å². The normalized spacial score (nSPS) is 10.8. The molecule has 0 spiro atoms. The van der Waals surface area contributed by atoms with Crippen LogP contribution in [-0.4, -0.2) is 38.5 Å². The van der Waals surface area contributed by atoms with Crippen molar-refractivity contribution in [3.63, 3.8) is 0 Å². The van der Waals surface area contributed by atoms with Gasteiger partial charge >= 0.3 is 5.97 Å². The van der Waals surface area contributed by atoms with Crippen molar-refractivity contribution in [2.75, 3.05) is 13.2 Å². The van der Waals surface area contributed by atoms with Gasteiger partial charge in [-0.2, -0.15) is 5.10 Å². The number of rotatable bonds is 7. The predicted octanol–water partition coefficient (Wildman–Crippen LogP) is 1.45. The Balaban J connectivity index is 1.45. The fraction of sp³-hybridized carbons (Fsp3) is 0.333. The second-order valence-corrected chi connectivity index (χ2v) is 5.88. The number of aryl methyl sites for hydroxylation is 3. The van der Waals surface area contributed by atoms with Gasteiger partial charge in [-0.3, -0.25) is 18.8 Å². The van der Waals surface area contributed by atoms with E-state index < -0.39 is 5.97 Å². The highest BCUT2D eigenvalue weighted by molar-refractivity contribution is 5.73. The lowest BCUT2D eigenvalue weighted by Gasteiger charge is -2.08. The summed E-state index contributed by atoms with van der Waals surface area (Å²) >= 11 is 0. The summed E-state index contributed by atoms with van der Waals surface area (Å²) in [6.45, 7) is 2.61. The van der Waals surface area contributed by atoms with Crippen molar-refractivity contribution in [2.24, 2.45) is 7.05 Å². The highest BCUT2D eigenvalue weighted by Gasteiger charge is 2.10. The average Bonchev–Trinajstić information content (AvgIpc) is 3.00. The third kappa shape index (κ3) is 4.08. The molecule has 0 fully saturated rings. The molecule has 136 valence electrons. The van der Waals surface area contributed by atoms with Gasteiger partial charge in [0.25, 0.3) is 5.56 Å². The van der Waals surface area contributed by atoms with E-state index in [0.717, 1.165) is 11.3 Å². The molecule has 26 heavy (non-hydrogen) atoms. The molecule has 0 unspecified atom stereocenters. The number of carbonyl (C=O) groups is 1. The van der Waals surface area contributed by atoms with Crippen LogP contribution in [-0.2, 0) is 23.1 Å². The summed E-state index contributed by atoms with van der Waals surface area (Å²) in [5.74, 6) is 0.347. The van der Waals surface area contributed by atoms with Crippen molar-refractivity contribution in [1.82, 2.24) is 19.3 Å². The van der Waals surface area contributed by atoms with Crippen LogP contribution >= 0.6 is 0 Å². The van der Waals surface area contributed by atoms with Crippen molar-refractivity contribution in [2.45, 2.75) is 19.9 Å². The molecule has 0 amide bonds. The summed E-state index contributed by atoms with van der Waals surface area (Å²) in [5.41, 5.74) is 1.39. The Hall–Kier alpha value is -3.16. The molecule has 3 aromatic rings. The number of hydrogen-bond acceptors (Lipinski definition) is 6. The summed E-state index contributed by atoms with van der Waals surface area (Å²) in [6, 6.07) is 7.65. The van der Waals surface area contributed by atoms with Gasteiger partial charge in [0.1, 0.15) is 24.3 Å². The SMILES string of the molecule is Cc1cccc(OCCOC(=O)CCn2cnc3c(cnn3C)c2=O)c1. The monoisotopic (exact) mass is 356 g/mol. The van der Waals surface area contributed by atoms with E-state index >= 15 is 0 Å². The Kier molecular flexibility index (Phi) is 5.31. The highest BCUT2D eigenvalue weighted by Crippen LogP contribution is 2.12. The molecule has 0 atom stereocenters. The van der Waals surface area contributed by atoms with Crippen molar-refractivity contribution < 1.29 is 14.3 Å². The number of aromatic nitrogens is 4. The summed E-state index contributed by atoms with van der Waals surface area (Å²) < 4.78 is 13.6.